The summed E-state index contributed by atoms with van der Waals surface area (Å²) in [6.45, 7) is 0.967. The number of rotatable bonds is 3. The van der Waals surface area contributed by atoms with E-state index >= 15 is 0 Å². The monoisotopic (exact) mass is 248 g/mol. The number of aliphatic carboxylic acids is 1. The molecule has 2 saturated heterocycles. The van der Waals surface area contributed by atoms with Gasteiger partial charge in [0.15, 0.2) is 0 Å². The second-order valence-electron chi connectivity index (χ2n) is 5.44. The molecule has 2 heterocycles. The number of ether oxygens (including phenoxy) is 2. The highest BCUT2D eigenvalue weighted by molar-refractivity contribution is 5.77. The molecule has 3 aliphatic rings. The van der Waals surface area contributed by atoms with Crippen molar-refractivity contribution in [2.45, 2.75) is 18.3 Å². The van der Waals surface area contributed by atoms with E-state index in [4.69, 9.17) is 9.47 Å². The minimum absolute atomic E-state index is 0.108. The van der Waals surface area contributed by atoms with Crippen molar-refractivity contribution in [3.8, 4) is 5.75 Å². The summed E-state index contributed by atoms with van der Waals surface area (Å²) in [6, 6.07) is 7.86. The van der Waals surface area contributed by atoms with Crippen LogP contribution in [0.3, 0.4) is 0 Å². The number of carbonyl (C=O) groups is 1. The Hall–Kier alpha value is -1.55. The molecule has 2 bridgehead atoms. The molecule has 0 spiro atoms. The van der Waals surface area contributed by atoms with Crippen molar-refractivity contribution >= 4 is 5.97 Å². The fraction of sp³-hybridized carbons (Fsp3) is 0.500. The maximum Gasteiger partial charge on any atom is 0.312 e. The summed E-state index contributed by atoms with van der Waals surface area (Å²) < 4.78 is 10.6. The van der Waals surface area contributed by atoms with Crippen LogP contribution in [0.5, 0.6) is 5.75 Å². The number of hydrogen-bond donors (Lipinski definition) is 1. The van der Waals surface area contributed by atoms with E-state index in [1.54, 1.807) is 7.11 Å². The quantitative estimate of drug-likeness (QED) is 0.886. The molecule has 4 heteroatoms. The highest BCUT2D eigenvalue weighted by atomic mass is 16.5. The SMILES string of the molecule is COc1ccc(C23COCC(C(=O)O)(C2)C3)cc1. The second kappa shape index (κ2) is 3.72. The molecule has 3 fully saturated rings. The third kappa shape index (κ3) is 1.45. The molecule has 0 aromatic heterocycles. The molecule has 1 saturated carbocycles. The van der Waals surface area contributed by atoms with Crippen molar-refractivity contribution in [1.82, 2.24) is 0 Å². The van der Waals surface area contributed by atoms with Crippen LogP contribution < -0.4 is 4.74 Å². The lowest BCUT2D eigenvalue weighted by Crippen LogP contribution is -2.62. The van der Waals surface area contributed by atoms with E-state index in [9.17, 15) is 9.90 Å². The molecule has 1 aliphatic carbocycles. The van der Waals surface area contributed by atoms with Gasteiger partial charge in [0.1, 0.15) is 5.75 Å². The summed E-state index contributed by atoms with van der Waals surface area (Å²) in [5.74, 6) is 0.0852. The average molecular weight is 248 g/mol. The lowest BCUT2D eigenvalue weighted by Gasteiger charge is -2.58. The zero-order chi connectivity index (χ0) is 12.8. The average Bonchev–Trinajstić information content (AvgIpc) is 2.38. The third-order valence-corrected chi connectivity index (χ3v) is 4.27. The van der Waals surface area contributed by atoms with Crippen LogP contribution in [0.25, 0.3) is 0 Å². The molecule has 2 aliphatic heterocycles. The molecule has 1 aromatic carbocycles. The van der Waals surface area contributed by atoms with Crippen LogP contribution in [0, 0.1) is 5.41 Å². The van der Waals surface area contributed by atoms with Crippen LogP contribution in [0.2, 0.25) is 0 Å². The van der Waals surface area contributed by atoms with Gasteiger partial charge in [0.25, 0.3) is 0 Å². The first-order valence-corrected chi connectivity index (χ1v) is 6.06. The van der Waals surface area contributed by atoms with Gasteiger partial charge in [-0.15, -0.1) is 0 Å². The molecular weight excluding hydrogens is 232 g/mol. The highest BCUT2D eigenvalue weighted by Crippen LogP contribution is 2.59. The van der Waals surface area contributed by atoms with Crippen LogP contribution in [-0.2, 0) is 14.9 Å². The molecule has 1 N–H and O–H groups in total. The normalized spacial score (nSPS) is 33.6. The largest absolute Gasteiger partial charge is 0.497 e. The van der Waals surface area contributed by atoms with Gasteiger partial charge in [-0.3, -0.25) is 4.79 Å². The van der Waals surface area contributed by atoms with Gasteiger partial charge in [-0.25, -0.2) is 0 Å². The number of carboxylic acids is 1. The predicted molar refractivity (Wildman–Crippen MR) is 64.8 cm³/mol. The lowest BCUT2D eigenvalue weighted by molar-refractivity contribution is -0.192. The first-order valence-electron chi connectivity index (χ1n) is 6.06. The zero-order valence-corrected chi connectivity index (χ0v) is 10.3. The summed E-state index contributed by atoms with van der Waals surface area (Å²) in [4.78, 5) is 11.3. The van der Waals surface area contributed by atoms with Crippen LogP contribution >= 0.6 is 0 Å². The Morgan fingerprint density at radius 2 is 1.94 bits per heavy atom. The minimum Gasteiger partial charge on any atom is -0.497 e. The Morgan fingerprint density at radius 1 is 1.28 bits per heavy atom. The van der Waals surface area contributed by atoms with E-state index in [1.165, 1.54) is 0 Å². The standard InChI is InChI=1S/C14H16O4/c1-17-11-4-2-10(3-5-11)13-6-14(7-13,12(15)16)9-18-8-13/h2-5H,6-9H2,1H3,(H,15,16). The van der Waals surface area contributed by atoms with Gasteiger partial charge in [0.05, 0.1) is 25.7 Å². The topological polar surface area (TPSA) is 55.8 Å². The van der Waals surface area contributed by atoms with Crippen LogP contribution in [0.15, 0.2) is 24.3 Å². The summed E-state index contributed by atoms with van der Waals surface area (Å²) in [5.41, 5.74) is 0.390. The van der Waals surface area contributed by atoms with Crippen molar-refractivity contribution in [3.63, 3.8) is 0 Å². The van der Waals surface area contributed by atoms with Gasteiger partial charge in [0, 0.05) is 5.41 Å². The Labute approximate surface area is 106 Å². The number of fused-ring (bicyclic) bond motifs is 2. The van der Waals surface area contributed by atoms with Crippen molar-refractivity contribution in [2.24, 2.45) is 5.41 Å². The molecular formula is C14H16O4. The zero-order valence-electron chi connectivity index (χ0n) is 10.3. The van der Waals surface area contributed by atoms with Gasteiger partial charge in [0.2, 0.25) is 0 Å². The fourth-order valence-corrected chi connectivity index (χ4v) is 3.33. The van der Waals surface area contributed by atoms with E-state index in [2.05, 4.69) is 0 Å². The maximum absolute atomic E-state index is 11.3. The van der Waals surface area contributed by atoms with Crippen LogP contribution in [-0.4, -0.2) is 31.4 Å². The summed E-state index contributed by atoms with van der Waals surface area (Å²) in [7, 11) is 1.63. The van der Waals surface area contributed by atoms with E-state index < -0.39 is 11.4 Å². The molecule has 0 radical (unpaired) electrons. The van der Waals surface area contributed by atoms with E-state index in [0.717, 1.165) is 11.3 Å². The van der Waals surface area contributed by atoms with Gasteiger partial charge >= 0.3 is 5.97 Å². The van der Waals surface area contributed by atoms with Crippen molar-refractivity contribution in [1.29, 1.82) is 0 Å². The van der Waals surface area contributed by atoms with Gasteiger partial charge in [-0.05, 0) is 30.5 Å². The number of methoxy groups -OCH3 is 1. The van der Waals surface area contributed by atoms with Gasteiger partial charge in [-0.1, -0.05) is 12.1 Å². The molecule has 4 rings (SSSR count). The fourth-order valence-electron chi connectivity index (χ4n) is 3.33. The predicted octanol–water partition coefficient (Wildman–Crippen LogP) is 1.83. The Morgan fingerprint density at radius 3 is 2.50 bits per heavy atom. The lowest BCUT2D eigenvalue weighted by atomic mass is 9.49. The molecule has 18 heavy (non-hydrogen) atoms. The second-order valence-corrected chi connectivity index (χ2v) is 5.44. The van der Waals surface area contributed by atoms with E-state index in [1.807, 2.05) is 24.3 Å². The van der Waals surface area contributed by atoms with Gasteiger partial charge in [-0.2, -0.15) is 0 Å². The molecule has 0 amide bonds. The number of hydrogen-bond acceptors (Lipinski definition) is 3. The number of benzene rings is 1. The molecule has 96 valence electrons. The van der Waals surface area contributed by atoms with Gasteiger partial charge < -0.3 is 14.6 Å². The highest BCUT2D eigenvalue weighted by Gasteiger charge is 2.63. The van der Waals surface area contributed by atoms with Crippen LogP contribution in [0.4, 0.5) is 0 Å². The van der Waals surface area contributed by atoms with E-state index in [0.29, 0.717) is 26.1 Å². The molecule has 0 unspecified atom stereocenters. The first kappa shape index (κ1) is 11.5. The number of carboxylic acid groups (broad SMARTS) is 1. The first-order chi connectivity index (χ1) is 8.60. The summed E-state index contributed by atoms with van der Waals surface area (Å²) in [6.07, 6.45) is 1.36. The van der Waals surface area contributed by atoms with Crippen molar-refractivity contribution in [2.75, 3.05) is 20.3 Å². The molecule has 1 aromatic rings. The smallest absolute Gasteiger partial charge is 0.312 e. The Kier molecular flexibility index (Phi) is 2.38. The maximum atomic E-state index is 11.3. The third-order valence-electron chi connectivity index (χ3n) is 4.27. The van der Waals surface area contributed by atoms with Crippen LogP contribution in [0.1, 0.15) is 18.4 Å². The van der Waals surface area contributed by atoms with Crippen molar-refractivity contribution in [3.05, 3.63) is 29.8 Å². The van der Waals surface area contributed by atoms with E-state index in [-0.39, 0.29) is 5.41 Å². The Bertz CT molecular complexity index is 471. The molecule has 4 nitrogen and oxygen atoms in total. The Balaban J connectivity index is 1.87. The summed E-state index contributed by atoms with van der Waals surface area (Å²) >= 11 is 0. The minimum atomic E-state index is -0.730. The van der Waals surface area contributed by atoms with Crippen molar-refractivity contribution < 1.29 is 19.4 Å². The summed E-state index contributed by atoms with van der Waals surface area (Å²) in [5, 5.41) is 9.28. The molecule has 0 atom stereocenters.